The quantitative estimate of drug-likeness (QED) is 0.661. The molecule has 98 valence electrons. The SMILES string of the molecule is CNC1CC(c2ccc(C)c([N+](=O)[O-])c2)C1(C)C. The molecule has 1 aliphatic rings. The van der Waals surface area contributed by atoms with Crippen LogP contribution in [-0.4, -0.2) is 18.0 Å². The lowest BCUT2D eigenvalue weighted by molar-refractivity contribution is -0.385. The molecule has 1 aliphatic carbocycles. The van der Waals surface area contributed by atoms with E-state index in [1.807, 2.05) is 19.2 Å². The molecular formula is C14H20N2O2. The Balaban J connectivity index is 2.31. The molecule has 1 fully saturated rings. The maximum atomic E-state index is 11.0. The van der Waals surface area contributed by atoms with Gasteiger partial charge in [0.2, 0.25) is 0 Å². The van der Waals surface area contributed by atoms with Gasteiger partial charge in [0, 0.05) is 17.7 Å². The summed E-state index contributed by atoms with van der Waals surface area (Å²) in [4.78, 5) is 10.7. The number of nitrogens with one attached hydrogen (secondary N) is 1. The van der Waals surface area contributed by atoms with Crippen molar-refractivity contribution in [2.24, 2.45) is 5.41 Å². The van der Waals surface area contributed by atoms with Gasteiger partial charge in [-0.3, -0.25) is 10.1 Å². The second-order valence-electron chi connectivity index (χ2n) is 5.75. The Morgan fingerprint density at radius 3 is 2.61 bits per heavy atom. The molecule has 0 aliphatic heterocycles. The first-order valence-corrected chi connectivity index (χ1v) is 6.30. The number of hydrogen-bond acceptors (Lipinski definition) is 3. The average Bonchev–Trinajstić information content (AvgIpc) is 2.30. The minimum Gasteiger partial charge on any atom is -0.316 e. The van der Waals surface area contributed by atoms with Crippen molar-refractivity contribution in [3.05, 3.63) is 39.4 Å². The van der Waals surface area contributed by atoms with Gasteiger partial charge in [-0.25, -0.2) is 0 Å². The molecule has 0 heterocycles. The third-order valence-electron chi connectivity index (χ3n) is 4.45. The van der Waals surface area contributed by atoms with E-state index >= 15 is 0 Å². The van der Waals surface area contributed by atoms with E-state index in [0.717, 1.165) is 17.5 Å². The fraction of sp³-hybridized carbons (Fsp3) is 0.571. The molecule has 2 unspecified atom stereocenters. The van der Waals surface area contributed by atoms with Crippen LogP contribution in [0, 0.1) is 22.5 Å². The maximum Gasteiger partial charge on any atom is 0.272 e. The van der Waals surface area contributed by atoms with Crippen molar-refractivity contribution in [2.75, 3.05) is 7.05 Å². The lowest BCUT2D eigenvalue weighted by Crippen LogP contribution is -2.54. The summed E-state index contributed by atoms with van der Waals surface area (Å²) in [5, 5.41) is 14.3. The predicted molar refractivity (Wildman–Crippen MR) is 71.8 cm³/mol. The summed E-state index contributed by atoms with van der Waals surface area (Å²) in [6.45, 7) is 6.21. The number of nitro benzene ring substituents is 1. The van der Waals surface area contributed by atoms with Crippen LogP contribution >= 0.6 is 0 Å². The van der Waals surface area contributed by atoms with Gasteiger partial charge in [0.05, 0.1) is 4.92 Å². The summed E-state index contributed by atoms with van der Waals surface area (Å²) in [6, 6.07) is 6.12. The van der Waals surface area contributed by atoms with Crippen LogP contribution in [0.5, 0.6) is 0 Å². The molecule has 1 aromatic carbocycles. The summed E-state index contributed by atoms with van der Waals surface area (Å²) in [6.07, 6.45) is 1.05. The summed E-state index contributed by atoms with van der Waals surface area (Å²) < 4.78 is 0. The van der Waals surface area contributed by atoms with E-state index in [4.69, 9.17) is 0 Å². The summed E-state index contributed by atoms with van der Waals surface area (Å²) in [7, 11) is 1.97. The molecule has 0 aromatic heterocycles. The van der Waals surface area contributed by atoms with Gasteiger partial charge in [-0.05, 0) is 37.3 Å². The van der Waals surface area contributed by atoms with Gasteiger partial charge in [-0.1, -0.05) is 26.0 Å². The van der Waals surface area contributed by atoms with E-state index in [2.05, 4.69) is 19.2 Å². The Morgan fingerprint density at radius 1 is 1.44 bits per heavy atom. The number of nitrogens with zero attached hydrogens (tertiary/aromatic N) is 1. The fourth-order valence-electron chi connectivity index (χ4n) is 3.02. The van der Waals surface area contributed by atoms with Crippen LogP contribution in [-0.2, 0) is 0 Å². The molecule has 2 atom stereocenters. The number of benzene rings is 1. The van der Waals surface area contributed by atoms with E-state index in [1.54, 1.807) is 13.0 Å². The summed E-state index contributed by atoms with van der Waals surface area (Å²) in [5.74, 6) is 0.397. The average molecular weight is 248 g/mol. The molecule has 0 spiro atoms. The van der Waals surface area contributed by atoms with Crippen LogP contribution in [0.3, 0.4) is 0 Å². The van der Waals surface area contributed by atoms with Crippen molar-refractivity contribution in [2.45, 2.75) is 39.2 Å². The lowest BCUT2D eigenvalue weighted by atomic mass is 9.56. The molecule has 0 bridgehead atoms. The predicted octanol–water partition coefficient (Wildman–Crippen LogP) is 3.00. The fourth-order valence-corrected chi connectivity index (χ4v) is 3.02. The zero-order chi connectivity index (χ0) is 13.5. The molecule has 0 saturated heterocycles. The van der Waals surface area contributed by atoms with Gasteiger partial charge in [0.15, 0.2) is 0 Å². The molecule has 2 rings (SSSR count). The normalized spacial score (nSPS) is 25.6. The van der Waals surface area contributed by atoms with E-state index in [9.17, 15) is 10.1 Å². The Kier molecular flexibility index (Phi) is 3.15. The molecule has 1 N–H and O–H groups in total. The molecule has 1 aromatic rings. The zero-order valence-electron chi connectivity index (χ0n) is 11.4. The van der Waals surface area contributed by atoms with Gasteiger partial charge >= 0.3 is 0 Å². The van der Waals surface area contributed by atoms with Crippen molar-refractivity contribution in [1.29, 1.82) is 0 Å². The number of rotatable bonds is 3. The van der Waals surface area contributed by atoms with Gasteiger partial charge in [0.1, 0.15) is 0 Å². The monoisotopic (exact) mass is 248 g/mol. The number of nitro groups is 1. The highest BCUT2D eigenvalue weighted by Crippen LogP contribution is 2.52. The van der Waals surface area contributed by atoms with Crippen LogP contribution in [0.15, 0.2) is 18.2 Å². The first-order valence-electron chi connectivity index (χ1n) is 6.30. The maximum absolute atomic E-state index is 11.0. The zero-order valence-corrected chi connectivity index (χ0v) is 11.4. The molecular weight excluding hydrogens is 228 g/mol. The first kappa shape index (κ1) is 13.0. The summed E-state index contributed by atoms with van der Waals surface area (Å²) >= 11 is 0. The Morgan fingerprint density at radius 2 is 2.11 bits per heavy atom. The van der Waals surface area contributed by atoms with Crippen molar-refractivity contribution < 1.29 is 4.92 Å². The first-order chi connectivity index (χ1) is 8.37. The van der Waals surface area contributed by atoms with E-state index in [1.165, 1.54) is 0 Å². The van der Waals surface area contributed by atoms with Crippen molar-refractivity contribution >= 4 is 5.69 Å². The van der Waals surface area contributed by atoms with Crippen LogP contribution in [0.25, 0.3) is 0 Å². The molecule has 18 heavy (non-hydrogen) atoms. The highest BCUT2D eigenvalue weighted by atomic mass is 16.6. The van der Waals surface area contributed by atoms with Crippen LogP contribution in [0.1, 0.15) is 37.3 Å². The third-order valence-corrected chi connectivity index (χ3v) is 4.45. The second kappa shape index (κ2) is 4.35. The van der Waals surface area contributed by atoms with Gasteiger partial charge in [0.25, 0.3) is 5.69 Å². The number of hydrogen-bond donors (Lipinski definition) is 1. The number of aryl methyl sites for hydroxylation is 1. The van der Waals surface area contributed by atoms with Crippen LogP contribution in [0.2, 0.25) is 0 Å². The minimum atomic E-state index is -0.292. The van der Waals surface area contributed by atoms with Crippen molar-refractivity contribution in [3.8, 4) is 0 Å². The molecule has 4 heteroatoms. The van der Waals surface area contributed by atoms with Gasteiger partial charge < -0.3 is 5.32 Å². The van der Waals surface area contributed by atoms with Crippen molar-refractivity contribution in [3.63, 3.8) is 0 Å². The Bertz CT molecular complexity index is 483. The third kappa shape index (κ3) is 1.90. The van der Waals surface area contributed by atoms with Gasteiger partial charge in [-0.2, -0.15) is 0 Å². The molecule has 0 radical (unpaired) electrons. The topological polar surface area (TPSA) is 55.2 Å². The van der Waals surface area contributed by atoms with Gasteiger partial charge in [-0.15, -0.1) is 0 Å². The Hall–Kier alpha value is -1.42. The minimum absolute atomic E-state index is 0.151. The van der Waals surface area contributed by atoms with E-state index < -0.39 is 0 Å². The second-order valence-corrected chi connectivity index (χ2v) is 5.75. The Labute approximate surface area is 108 Å². The van der Waals surface area contributed by atoms with Crippen LogP contribution in [0.4, 0.5) is 5.69 Å². The molecule has 0 amide bonds. The van der Waals surface area contributed by atoms with E-state index in [0.29, 0.717) is 12.0 Å². The lowest BCUT2D eigenvalue weighted by Gasteiger charge is -2.52. The van der Waals surface area contributed by atoms with E-state index in [-0.39, 0.29) is 16.0 Å². The van der Waals surface area contributed by atoms with Crippen LogP contribution < -0.4 is 5.32 Å². The standard InChI is InChI=1S/C14H20N2O2/c1-9-5-6-10(7-12(9)16(17)18)11-8-13(15-4)14(11,2)3/h5-7,11,13,15H,8H2,1-4H3. The molecule has 1 saturated carbocycles. The smallest absolute Gasteiger partial charge is 0.272 e. The highest BCUT2D eigenvalue weighted by molar-refractivity contribution is 5.45. The van der Waals surface area contributed by atoms with Crippen molar-refractivity contribution in [1.82, 2.24) is 5.32 Å². The summed E-state index contributed by atoms with van der Waals surface area (Å²) in [5.41, 5.74) is 2.20. The highest BCUT2D eigenvalue weighted by Gasteiger charge is 2.48. The molecule has 4 nitrogen and oxygen atoms in total. The largest absolute Gasteiger partial charge is 0.316 e.